The summed E-state index contributed by atoms with van der Waals surface area (Å²) in [6.07, 6.45) is 7.36. The molecule has 1 aromatic carbocycles. The van der Waals surface area contributed by atoms with E-state index in [1.165, 1.54) is 57.3 Å². The average Bonchev–Trinajstić information content (AvgIpc) is 3.42. The maximum absolute atomic E-state index is 3.90. The summed E-state index contributed by atoms with van der Waals surface area (Å²) in [4.78, 5) is 2.61. The molecule has 1 unspecified atom stereocenters. The van der Waals surface area contributed by atoms with Crippen LogP contribution >= 0.6 is 0 Å². The Morgan fingerprint density at radius 2 is 1.71 bits per heavy atom. The predicted octanol–water partition coefficient (Wildman–Crippen LogP) is 3.29. The molecule has 0 bridgehead atoms. The van der Waals surface area contributed by atoms with Gasteiger partial charge in [0.05, 0.1) is 0 Å². The highest BCUT2D eigenvalue weighted by molar-refractivity contribution is 5.14. The second-order valence-corrected chi connectivity index (χ2v) is 7.45. The van der Waals surface area contributed by atoms with Crippen LogP contribution in [0.3, 0.4) is 0 Å². The van der Waals surface area contributed by atoms with Gasteiger partial charge in [-0.05, 0) is 62.0 Å². The Balaban J connectivity index is 1.22. The summed E-state index contributed by atoms with van der Waals surface area (Å²) in [7, 11) is 0. The largest absolute Gasteiger partial charge is 0.312 e. The average molecular weight is 284 g/mol. The van der Waals surface area contributed by atoms with Crippen molar-refractivity contribution < 1.29 is 0 Å². The highest BCUT2D eigenvalue weighted by atomic mass is 15.2. The van der Waals surface area contributed by atoms with Crippen LogP contribution in [0.15, 0.2) is 30.3 Å². The van der Waals surface area contributed by atoms with Crippen molar-refractivity contribution in [3.05, 3.63) is 35.9 Å². The van der Waals surface area contributed by atoms with Gasteiger partial charge in [0.2, 0.25) is 0 Å². The molecular weight excluding hydrogens is 256 g/mol. The molecule has 1 heterocycles. The van der Waals surface area contributed by atoms with Crippen LogP contribution < -0.4 is 5.32 Å². The summed E-state index contributed by atoms with van der Waals surface area (Å²) < 4.78 is 0. The standard InChI is InChI=1S/C19H28N2/c1-2-4-15(5-3-1)13-21-11-10-18(14-21)20-12-19(16-6-7-16)17-8-9-17/h1-5,16-20H,6-14H2. The van der Waals surface area contributed by atoms with Crippen molar-refractivity contribution in [1.29, 1.82) is 0 Å². The van der Waals surface area contributed by atoms with E-state index < -0.39 is 0 Å². The van der Waals surface area contributed by atoms with E-state index in [0.29, 0.717) is 0 Å². The Bertz CT molecular complexity index is 438. The van der Waals surface area contributed by atoms with Crippen molar-refractivity contribution in [2.75, 3.05) is 19.6 Å². The Labute approximate surface area is 128 Å². The van der Waals surface area contributed by atoms with Crippen molar-refractivity contribution in [2.45, 2.75) is 44.7 Å². The summed E-state index contributed by atoms with van der Waals surface area (Å²) in [5.74, 6) is 3.16. The van der Waals surface area contributed by atoms with Gasteiger partial charge in [-0.1, -0.05) is 30.3 Å². The number of rotatable bonds is 7. The third-order valence-electron chi connectivity index (χ3n) is 5.62. The summed E-state index contributed by atoms with van der Waals surface area (Å²) in [6.45, 7) is 4.90. The van der Waals surface area contributed by atoms with E-state index in [0.717, 1.165) is 30.3 Å². The molecule has 1 atom stereocenters. The number of likely N-dealkylation sites (tertiary alicyclic amines) is 1. The smallest absolute Gasteiger partial charge is 0.0234 e. The van der Waals surface area contributed by atoms with Gasteiger partial charge in [-0.2, -0.15) is 0 Å². The van der Waals surface area contributed by atoms with Crippen LogP contribution in [-0.2, 0) is 6.54 Å². The molecule has 2 saturated carbocycles. The van der Waals surface area contributed by atoms with Crippen LogP contribution in [0.2, 0.25) is 0 Å². The van der Waals surface area contributed by atoms with Gasteiger partial charge in [0.25, 0.3) is 0 Å². The molecule has 0 aromatic heterocycles. The third-order valence-corrected chi connectivity index (χ3v) is 5.62. The van der Waals surface area contributed by atoms with Gasteiger partial charge in [-0.15, -0.1) is 0 Å². The molecule has 3 aliphatic rings. The lowest BCUT2D eigenvalue weighted by atomic mass is 9.97. The van der Waals surface area contributed by atoms with Crippen LogP contribution in [0.1, 0.15) is 37.7 Å². The van der Waals surface area contributed by atoms with Crippen LogP contribution in [-0.4, -0.2) is 30.6 Å². The number of hydrogen-bond acceptors (Lipinski definition) is 2. The van der Waals surface area contributed by atoms with E-state index in [4.69, 9.17) is 0 Å². The molecule has 2 aliphatic carbocycles. The normalized spacial score (nSPS) is 26.6. The van der Waals surface area contributed by atoms with E-state index in [1.54, 1.807) is 0 Å². The fourth-order valence-electron chi connectivity index (χ4n) is 4.05. The SMILES string of the molecule is c1ccc(CN2CCC(NCC(C3CC3)C3CC3)C2)cc1. The molecule has 114 valence electrons. The highest BCUT2D eigenvalue weighted by Gasteiger charge is 2.41. The molecule has 0 radical (unpaired) electrons. The molecule has 0 amide bonds. The minimum absolute atomic E-state index is 0.730. The lowest BCUT2D eigenvalue weighted by Crippen LogP contribution is -2.36. The van der Waals surface area contributed by atoms with Crippen LogP contribution in [0.5, 0.6) is 0 Å². The summed E-state index contributed by atoms with van der Waals surface area (Å²) >= 11 is 0. The zero-order valence-corrected chi connectivity index (χ0v) is 13.0. The Kier molecular flexibility index (Phi) is 4.00. The first-order chi connectivity index (χ1) is 10.4. The molecule has 1 N–H and O–H groups in total. The first-order valence-corrected chi connectivity index (χ1v) is 8.88. The highest BCUT2D eigenvalue weighted by Crippen LogP contribution is 2.48. The van der Waals surface area contributed by atoms with Crippen LogP contribution in [0.25, 0.3) is 0 Å². The molecule has 0 spiro atoms. The van der Waals surface area contributed by atoms with Crippen molar-refractivity contribution in [2.24, 2.45) is 17.8 Å². The molecule has 1 aromatic rings. The number of nitrogens with zero attached hydrogens (tertiary/aromatic N) is 1. The van der Waals surface area contributed by atoms with Gasteiger partial charge >= 0.3 is 0 Å². The molecule has 3 fully saturated rings. The van der Waals surface area contributed by atoms with Gasteiger partial charge in [-0.25, -0.2) is 0 Å². The van der Waals surface area contributed by atoms with E-state index >= 15 is 0 Å². The monoisotopic (exact) mass is 284 g/mol. The predicted molar refractivity (Wildman–Crippen MR) is 87.1 cm³/mol. The molecular formula is C19H28N2. The lowest BCUT2D eigenvalue weighted by Gasteiger charge is -2.21. The van der Waals surface area contributed by atoms with Gasteiger partial charge in [-0.3, -0.25) is 4.90 Å². The van der Waals surface area contributed by atoms with E-state index in [1.807, 2.05) is 0 Å². The first kappa shape index (κ1) is 13.8. The van der Waals surface area contributed by atoms with Crippen LogP contribution in [0.4, 0.5) is 0 Å². The quantitative estimate of drug-likeness (QED) is 0.826. The van der Waals surface area contributed by atoms with Gasteiger partial charge in [0.1, 0.15) is 0 Å². The summed E-state index contributed by atoms with van der Waals surface area (Å²) in [5.41, 5.74) is 1.45. The zero-order chi connectivity index (χ0) is 14.1. The second kappa shape index (κ2) is 6.10. The van der Waals surface area contributed by atoms with Crippen molar-refractivity contribution in [3.8, 4) is 0 Å². The molecule has 4 rings (SSSR count). The van der Waals surface area contributed by atoms with Crippen LogP contribution in [0, 0.1) is 17.8 Å². The zero-order valence-electron chi connectivity index (χ0n) is 13.0. The summed E-state index contributed by atoms with van der Waals surface area (Å²) in [6, 6.07) is 11.6. The number of hydrogen-bond donors (Lipinski definition) is 1. The first-order valence-electron chi connectivity index (χ1n) is 8.88. The van der Waals surface area contributed by atoms with Crippen molar-refractivity contribution in [3.63, 3.8) is 0 Å². The Hall–Kier alpha value is -0.860. The maximum atomic E-state index is 3.90. The Morgan fingerprint density at radius 1 is 1.00 bits per heavy atom. The molecule has 1 saturated heterocycles. The molecule has 2 nitrogen and oxygen atoms in total. The van der Waals surface area contributed by atoms with Gasteiger partial charge in [0, 0.05) is 25.7 Å². The molecule has 1 aliphatic heterocycles. The van der Waals surface area contributed by atoms with E-state index in [-0.39, 0.29) is 0 Å². The molecule has 21 heavy (non-hydrogen) atoms. The van der Waals surface area contributed by atoms with E-state index in [9.17, 15) is 0 Å². The lowest BCUT2D eigenvalue weighted by molar-refractivity contribution is 0.309. The van der Waals surface area contributed by atoms with Crippen molar-refractivity contribution >= 4 is 0 Å². The van der Waals surface area contributed by atoms with Gasteiger partial charge < -0.3 is 5.32 Å². The third kappa shape index (κ3) is 3.67. The molecule has 2 heteroatoms. The van der Waals surface area contributed by atoms with E-state index in [2.05, 4.69) is 40.5 Å². The number of nitrogens with one attached hydrogen (secondary N) is 1. The fourth-order valence-corrected chi connectivity index (χ4v) is 4.05. The summed E-state index contributed by atoms with van der Waals surface area (Å²) in [5, 5.41) is 3.90. The van der Waals surface area contributed by atoms with Gasteiger partial charge in [0.15, 0.2) is 0 Å². The maximum Gasteiger partial charge on any atom is 0.0234 e. The second-order valence-electron chi connectivity index (χ2n) is 7.45. The Morgan fingerprint density at radius 3 is 2.38 bits per heavy atom. The topological polar surface area (TPSA) is 15.3 Å². The minimum Gasteiger partial charge on any atom is -0.312 e. The minimum atomic E-state index is 0.730. The van der Waals surface area contributed by atoms with Crippen molar-refractivity contribution in [1.82, 2.24) is 10.2 Å². The fraction of sp³-hybridized carbons (Fsp3) is 0.684. The number of benzene rings is 1.